The van der Waals surface area contributed by atoms with Crippen molar-refractivity contribution in [3.05, 3.63) is 0 Å². The summed E-state index contributed by atoms with van der Waals surface area (Å²) >= 11 is 0. The number of rotatable bonds is 5. The van der Waals surface area contributed by atoms with Crippen LogP contribution in [0.1, 0.15) is 33.6 Å². The molecule has 1 fully saturated rings. The molecular formula is C12H25NO4S2. The molecule has 2 atom stereocenters. The highest BCUT2D eigenvalue weighted by molar-refractivity contribution is 7.92. The first kappa shape index (κ1) is 16.9. The highest BCUT2D eigenvalue weighted by Gasteiger charge is 2.35. The zero-order chi connectivity index (χ0) is 14.9. The van der Waals surface area contributed by atoms with Crippen molar-refractivity contribution in [1.82, 2.24) is 0 Å². The lowest BCUT2D eigenvalue weighted by Gasteiger charge is -2.24. The van der Waals surface area contributed by atoms with Crippen molar-refractivity contribution in [3.8, 4) is 0 Å². The molecule has 0 aromatic rings. The van der Waals surface area contributed by atoms with E-state index >= 15 is 0 Å². The highest BCUT2D eigenvalue weighted by atomic mass is 32.2. The van der Waals surface area contributed by atoms with E-state index in [1.54, 1.807) is 20.8 Å². The molecule has 7 heteroatoms. The molecule has 0 radical (unpaired) electrons. The molecule has 0 aromatic heterocycles. The summed E-state index contributed by atoms with van der Waals surface area (Å²) in [6, 6.07) is 0. The SMILES string of the molecule is CC(C)(C)S(=O)(=O)CCC(CN)C1CCS(=O)(=O)C1. The predicted molar refractivity (Wildman–Crippen MR) is 77.5 cm³/mol. The largest absolute Gasteiger partial charge is 0.330 e. The summed E-state index contributed by atoms with van der Waals surface area (Å²) < 4.78 is 46.3. The van der Waals surface area contributed by atoms with Crippen molar-refractivity contribution in [2.24, 2.45) is 17.6 Å². The van der Waals surface area contributed by atoms with Crippen LogP contribution >= 0.6 is 0 Å². The molecule has 0 spiro atoms. The van der Waals surface area contributed by atoms with Crippen LogP contribution in [0, 0.1) is 11.8 Å². The Morgan fingerprint density at radius 1 is 1.32 bits per heavy atom. The van der Waals surface area contributed by atoms with Gasteiger partial charge in [0.05, 0.1) is 22.0 Å². The van der Waals surface area contributed by atoms with Crippen LogP contribution in [0.4, 0.5) is 0 Å². The molecule has 5 nitrogen and oxygen atoms in total. The molecule has 19 heavy (non-hydrogen) atoms. The smallest absolute Gasteiger partial charge is 0.155 e. The quantitative estimate of drug-likeness (QED) is 0.802. The van der Waals surface area contributed by atoms with E-state index in [9.17, 15) is 16.8 Å². The van der Waals surface area contributed by atoms with E-state index in [1.807, 2.05) is 0 Å². The van der Waals surface area contributed by atoms with Crippen molar-refractivity contribution in [2.45, 2.75) is 38.4 Å². The van der Waals surface area contributed by atoms with Gasteiger partial charge in [-0.15, -0.1) is 0 Å². The van der Waals surface area contributed by atoms with Gasteiger partial charge >= 0.3 is 0 Å². The Morgan fingerprint density at radius 2 is 1.89 bits per heavy atom. The molecule has 0 amide bonds. The van der Waals surface area contributed by atoms with Gasteiger partial charge in [-0.25, -0.2) is 16.8 Å². The molecule has 2 N–H and O–H groups in total. The predicted octanol–water partition coefficient (Wildman–Crippen LogP) is 0.599. The minimum absolute atomic E-state index is 0.0187. The normalized spacial score (nSPS) is 25.4. The Balaban J connectivity index is 2.65. The molecule has 0 saturated carbocycles. The van der Waals surface area contributed by atoms with Crippen molar-refractivity contribution < 1.29 is 16.8 Å². The molecule has 1 saturated heterocycles. The monoisotopic (exact) mass is 311 g/mol. The van der Waals surface area contributed by atoms with Gasteiger partial charge in [-0.2, -0.15) is 0 Å². The number of nitrogens with two attached hydrogens (primary N) is 1. The molecule has 0 aromatic carbocycles. The fraction of sp³-hybridized carbons (Fsp3) is 1.00. The second-order valence-electron chi connectivity index (χ2n) is 6.38. The molecule has 1 rings (SSSR count). The molecule has 0 bridgehead atoms. The molecule has 2 unspecified atom stereocenters. The first-order valence-corrected chi connectivity index (χ1v) is 10.1. The molecule has 1 aliphatic rings. The van der Waals surface area contributed by atoms with Crippen LogP contribution in [0.2, 0.25) is 0 Å². The summed E-state index contributed by atoms with van der Waals surface area (Å²) in [5.41, 5.74) is 5.69. The number of hydrogen-bond acceptors (Lipinski definition) is 5. The van der Waals surface area contributed by atoms with Gasteiger partial charge in [-0.3, -0.25) is 0 Å². The van der Waals surface area contributed by atoms with Gasteiger partial charge in [0.15, 0.2) is 19.7 Å². The average molecular weight is 311 g/mol. The molecule has 1 aliphatic heterocycles. The first-order chi connectivity index (χ1) is 8.48. The van der Waals surface area contributed by atoms with Crippen molar-refractivity contribution in [3.63, 3.8) is 0 Å². The minimum atomic E-state index is -3.17. The van der Waals surface area contributed by atoms with Crippen molar-refractivity contribution >= 4 is 19.7 Å². The molecule has 114 valence electrons. The van der Waals surface area contributed by atoms with E-state index < -0.39 is 24.4 Å². The average Bonchev–Trinajstić information content (AvgIpc) is 2.58. The van der Waals surface area contributed by atoms with Crippen LogP contribution in [0.3, 0.4) is 0 Å². The van der Waals surface area contributed by atoms with Gasteiger partial charge in [0, 0.05) is 0 Å². The van der Waals surface area contributed by atoms with E-state index in [4.69, 9.17) is 5.73 Å². The molecule has 1 heterocycles. The van der Waals surface area contributed by atoms with E-state index in [0.717, 1.165) is 0 Å². The lowest BCUT2D eigenvalue weighted by atomic mass is 9.90. The Bertz CT molecular complexity index is 502. The van der Waals surface area contributed by atoms with Gasteiger partial charge < -0.3 is 5.73 Å². The zero-order valence-electron chi connectivity index (χ0n) is 11.9. The van der Waals surface area contributed by atoms with Gasteiger partial charge in [0.25, 0.3) is 0 Å². The van der Waals surface area contributed by atoms with Crippen LogP contribution < -0.4 is 5.73 Å². The maximum Gasteiger partial charge on any atom is 0.155 e. The van der Waals surface area contributed by atoms with Crippen molar-refractivity contribution in [2.75, 3.05) is 23.8 Å². The van der Waals surface area contributed by atoms with E-state index in [1.165, 1.54) is 0 Å². The van der Waals surface area contributed by atoms with Crippen LogP contribution in [0.15, 0.2) is 0 Å². The fourth-order valence-electron chi connectivity index (χ4n) is 2.35. The lowest BCUT2D eigenvalue weighted by molar-refractivity contribution is 0.362. The minimum Gasteiger partial charge on any atom is -0.330 e. The third kappa shape index (κ3) is 4.43. The van der Waals surface area contributed by atoms with Gasteiger partial charge in [-0.05, 0) is 52.0 Å². The summed E-state index contributed by atoms with van der Waals surface area (Å²) in [6.07, 6.45) is 1.07. The summed E-state index contributed by atoms with van der Waals surface area (Å²) in [6.45, 7) is 5.39. The Morgan fingerprint density at radius 3 is 2.26 bits per heavy atom. The van der Waals surface area contributed by atoms with Crippen LogP contribution in [-0.4, -0.2) is 45.4 Å². The highest BCUT2D eigenvalue weighted by Crippen LogP contribution is 2.29. The van der Waals surface area contributed by atoms with Crippen LogP contribution in [0.5, 0.6) is 0 Å². The molecule has 0 aliphatic carbocycles. The van der Waals surface area contributed by atoms with E-state index in [2.05, 4.69) is 0 Å². The maximum atomic E-state index is 12.1. The molecular weight excluding hydrogens is 286 g/mol. The second-order valence-corrected chi connectivity index (χ2v) is 11.5. The van der Waals surface area contributed by atoms with Crippen LogP contribution in [-0.2, 0) is 19.7 Å². The third-order valence-electron chi connectivity index (χ3n) is 3.93. The third-order valence-corrected chi connectivity index (χ3v) is 8.36. The standard InChI is InChI=1S/C12H25NO4S2/c1-12(2,3)19(16,17)7-5-10(8-13)11-4-6-18(14,15)9-11/h10-11H,4-9,13H2,1-3H3. The maximum absolute atomic E-state index is 12.1. The summed E-state index contributed by atoms with van der Waals surface area (Å²) in [5.74, 6) is 0.444. The Hall–Kier alpha value is -0.140. The zero-order valence-corrected chi connectivity index (χ0v) is 13.6. The summed E-state index contributed by atoms with van der Waals surface area (Å²) in [7, 11) is -6.10. The Kier molecular flexibility index (Phi) is 5.07. The van der Waals surface area contributed by atoms with Crippen LogP contribution in [0.25, 0.3) is 0 Å². The van der Waals surface area contributed by atoms with E-state index in [0.29, 0.717) is 19.4 Å². The van der Waals surface area contributed by atoms with Gasteiger partial charge in [0.2, 0.25) is 0 Å². The van der Waals surface area contributed by atoms with Gasteiger partial charge in [0.1, 0.15) is 0 Å². The van der Waals surface area contributed by atoms with Gasteiger partial charge in [-0.1, -0.05) is 0 Å². The summed E-state index contributed by atoms with van der Waals surface area (Å²) in [5, 5.41) is 0. The first-order valence-electron chi connectivity index (χ1n) is 6.61. The van der Waals surface area contributed by atoms with Crippen molar-refractivity contribution in [1.29, 1.82) is 0 Å². The number of sulfone groups is 2. The summed E-state index contributed by atoms with van der Waals surface area (Å²) in [4.78, 5) is 0. The lowest BCUT2D eigenvalue weighted by Crippen LogP contribution is -2.33. The topological polar surface area (TPSA) is 94.3 Å². The second kappa shape index (κ2) is 5.69. The fourth-order valence-corrected chi connectivity index (χ4v) is 5.50. The van der Waals surface area contributed by atoms with E-state index in [-0.39, 0.29) is 29.1 Å². The number of hydrogen-bond donors (Lipinski definition) is 1. The Labute approximate surface area is 116 Å².